The molecule has 3 aliphatic rings. The van der Waals surface area contributed by atoms with Crippen LogP contribution in [0.5, 0.6) is 0 Å². The number of hydrogen-bond acceptors (Lipinski definition) is 5. The third kappa shape index (κ3) is 5.61. The van der Waals surface area contributed by atoms with E-state index in [-0.39, 0.29) is 34.7 Å². The largest absolute Gasteiger partial charge is 0.378 e. The smallest absolute Gasteiger partial charge is 0.253 e. The molecule has 0 bridgehead atoms. The summed E-state index contributed by atoms with van der Waals surface area (Å²) in [5.74, 6) is -0.0734. The van der Waals surface area contributed by atoms with Crippen LogP contribution in [0.2, 0.25) is 0 Å². The minimum Gasteiger partial charge on any atom is -0.378 e. The fourth-order valence-corrected chi connectivity index (χ4v) is 6.56. The van der Waals surface area contributed by atoms with Crippen LogP contribution in [0.4, 0.5) is 0 Å². The van der Waals surface area contributed by atoms with Crippen molar-refractivity contribution in [3.63, 3.8) is 0 Å². The predicted octanol–water partition coefficient (Wildman–Crippen LogP) is 4.06. The van der Waals surface area contributed by atoms with Gasteiger partial charge in [-0.15, -0.1) is 0 Å². The molecule has 1 aliphatic carbocycles. The van der Waals surface area contributed by atoms with Crippen LogP contribution in [0.15, 0.2) is 59.5 Å². The van der Waals surface area contributed by atoms with Gasteiger partial charge in [0.25, 0.3) is 5.91 Å². The van der Waals surface area contributed by atoms with E-state index in [1.807, 2.05) is 30.0 Å². The van der Waals surface area contributed by atoms with Crippen molar-refractivity contribution >= 4 is 15.9 Å². The van der Waals surface area contributed by atoms with Crippen LogP contribution in [0, 0.1) is 0 Å². The van der Waals surface area contributed by atoms with Gasteiger partial charge in [0, 0.05) is 44.1 Å². The highest BCUT2D eigenvalue weighted by molar-refractivity contribution is 7.89. The Kier molecular flexibility index (Phi) is 6.99. The summed E-state index contributed by atoms with van der Waals surface area (Å²) in [4.78, 5) is 15.2. The lowest BCUT2D eigenvalue weighted by Gasteiger charge is -2.48. The Labute approximate surface area is 207 Å². The number of amides is 1. The zero-order valence-corrected chi connectivity index (χ0v) is 21.0. The fraction of sp³-hybridized carbons (Fsp3) is 0.519. The molecule has 1 spiro atoms. The summed E-state index contributed by atoms with van der Waals surface area (Å²) in [6, 6.07) is 16.6. The number of carbonyl (C=O) groups excluding carboxylic acids is 1. The molecule has 2 saturated heterocycles. The minimum atomic E-state index is -3.52. The first-order chi connectivity index (χ1) is 16.9. The maximum absolute atomic E-state index is 13.2. The van der Waals surface area contributed by atoms with Gasteiger partial charge in [-0.2, -0.15) is 0 Å². The maximum atomic E-state index is 13.2. The van der Waals surface area contributed by atoms with E-state index in [0.717, 1.165) is 38.5 Å². The number of piperidine rings is 1. The van der Waals surface area contributed by atoms with Crippen molar-refractivity contribution in [2.45, 2.75) is 74.2 Å². The molecule has 2 heterocycles. The standard InChI is InChI=1S/C27H34N2O5S/c1-2-33-23-18-25(20-6-4-3-5-7-20)34-27(19-23)14-16-29(17-15-27)26(30)21-8-12-24(13-9-21)35(31,32)28-22-10-11-22/h3-9,12-13,22-23,25,28H,2,10-11,14-19H2,1H3/t23-,25-/m0/s1. The van der Waals surface area contributed by atoms with Crippen LogP contribution in [-0.4, -0.2) is 56.7 Å². The van der Waals surface area contributed by atoms with E-state index in [0.29, 0.717) is 25.3 Å². The molecule has 1 saturated carbocycles. The summed E-state index contributed by atoms with van der Waals surface area (Å²) >= 11 is 0. The number of sulfonamides is 1. The quantitative estimate of drug-likeness (QED) is 0.622. The molecule has 8 heteroatoms. The first-order valence-electron chi connectivity index (χ1n) is 12.6. The van der Waals surface area contributed by atoms with E-state index >= 15 is 0 Å². The summed E-state index contributed by atoms with van der Waals surface area (Å²) in [6.07, 6.45) is 5.08. The third-order valence-electron chi connectivity index (χ3n) is 7.32. The summed E-state index contributed by atoms with van der Waals surface area (Å²) in [7, 11) is -3.52. The van der Waals surface area contributed by atoms with E-state index in [1.165, 1.54) is 17.7 Å². The molecule has 1 N–H and O–H groups in total. The summed E-state index contributed by atoms with van der Waals surface area (Å²) in [6.45, 7) is 3.90. The molecular formula is C27H34N2O5S. The average Bonchev–Trinajstić information content (AvgIpc) is 3.68. The topological polar surface area (TPSA) is 84.9 Å². The number of nitrogens with one attached hydrogen (secondary N) is 1. The van der Waals surface area contributed by atoms with Gasteiger partial charge < -0.3 is 14.4 Å². The van der Waals surface area contributed by atoms with Crippen LogP contribution >= 0.6 is 0 Å². The molecule has 188 valence electrons. The third-order valence-corrected chi connectivity index (χ3v) is 8.85. The number of benzene rings is 2. The molecule has 2 aromatic carbocycles. The number of rotatable bonds is 7. The zero-order valence-electron chi connectivity index (χ0n) is 20.2. The lowest BCUT2D eigenvalue weighted by atomic mass is 9.80. The second-order valence-electron chi connectivity index (χ2n) is 9.93. The second-order valence-corrected chi connectivity index (χ2v) is 11.6. The van der Waals surface area contributed by atoms with Crippen molar-refractivity contribution in [2.75, 3.05) is 19.7 Å². The molecule has 0 radical (unpaired) electrons. The van der Waals surface area contributed by atoms with Gasteiger partial charge in [-0.25, -0.2) is 13.1 Å². The fourth-order valence-electron chi connectivity index (χ4n) is 5.26. The average molecular weight is 499 g/mol. The highest BCUT2D eigenvalue weighted by Crippen LogP contribution is 2.44. The molecule has 7 nitrogen and oxygen atoms in total. The maximum Gasteiger partial charge on any atom is 0.253 e. The van der Waals surface area contributed by atoms with E-state index in [1.54, 1.807) is 12.1 Å². The normalized spacial score (nSPS) is 24.4. The Balaban J connectivity index is 1.24. The summed E-state index contributed by atoms with van der Waals surface area (Å²) < 4.78 is 40.3. The van der Waals surface area contributed by atoms with Gasteiger partial charge in [-0.1, -0.05) is 30.3 Å². The van der Waals surface area contributed by atoms with Crippen molar-refractivity contribution in [1.29, 1.82) is 0 Å². The molecule has 0 aromatic heterocycles. The van der Waals surface area contributed by atoms with Gasteiger partial charge >= 0.3 is 0 Å². The highest BCUT2D eigenvalue weighted by atomic mass is 32.2. The Hall–Kier alpha value is -2.26. The van der Waals surface area contributed by atoms with E-state index in [9.17, 15) is 13.2 Å². The molecule has 3 fully saturated rings. The Morgan fingerprint density at radius 1 is 1.09 bits per heavy atom. The van der Waals surface area contributed by atoms with Crippen molar-refractivity contribution in [3.05, 3.63) is 65.7 Å². The molecule has 5 rings (SSSR count). The van der Waals surface area contributed by atoms with Crippen molar-refractivity contribution in [3.8, 4) is 0 Å². The molecule has 2 atom stereocenters. The van der Waals surface area contributed by atoms with E-state index in [4.69, 9.17) is 9.47 Å². The van der Waals surface area contributed by atoms with Crippen LogP contribution in [-0.2, 0) is 19.5 Å². The monoisotopic (exact) mass is 498 g/mol. The van der Waals surface area contributed by atoms with Crippen LogP contribution in [0.1, 0.15) is 67.5 Å². The molecule has 2 aromatic rings. The Bertz CT molecular complexity index is 1120. The van der Waals surface area contributed by atoms with Gasteiger partial charge in [0.1, 0.15) is 0 Å². The van der Waals surface area contributed by atoms with Crippen LogP contribution < -0.4 is 4.72 Å². The number of ether oxygens (including phenoxy) is 2. The van der Waals surface area contributed by atoms with Gasteiger partial charge in [-0.05, 0) is 62.4 Å². The van der Waals surface area contributed by atoms with Crippen LogP contribution in [0.3, 0.4) is 0 Å². The number of nitrogens with zero attached hydrogens (tertiary/aromatic N) is 1. The Morgan fingerprint density at radius 2 is 1.77 bits per heavy atom. The van der Waals surface area contributed by atoms with Gasteiger partial charge in [-0.3, -0.25) is 4.79 Å². The second kappa shape index (κ2) is 10.0. The number of carbonyl (C=O) groups is 1. The minimum absolute atomic E-state index is 0.0116. The molecule has 1 amide bonds. The number of likely N-dealkylation sites (tertiary alicyclic amines) is 1. The lowest BCUT2D eigenvalue weighted by molar-refractivity contribution is -0.190. The van der Waals surface area contributed by atoms with Crippen molar-refractivity contribution < 1.29 is 22.7 Å². The van der Waals surface area contributed by atoms with Gasteiger partial charge in [0.05, 0.1) is 22.7 Å². The molecule has 2 aliphatic heterocycles. The van der Waals surface area contributed by atoms with Crippen molar-refractivity contribution in [2.24, 2.45) is 0 Å². The first-order valence-corrected chi connectivity index (χ1v) is 14.1. The van der Waals surface area contributed by atoms with Crippen LogP contribution in [0.25, 0.3) is 0 Å². The van der Waals surface area contributed by atoms with E-state index < -0.39 is 10.0 Å². The number of hydrogen-bond donors (Lipinski definition) is 1. The van der Waals surface area contributed by atoms with Crippen molar-refractivity contribution in [1.82, 2.24) is 9.62 Å². The lowest BCUT2D eigenvalue weighted by Crippen LogP contribution is -2.52. The highest BCUT2D eigenvalue weighted by Gasteiger charge is 2.45. The molecule has 0 unspecified atom stereocenters. The summed E-state index contributed by atoms with van der Waals surface area (Å²) in [5.41, 5.74) is 1.37. The SMILES string of the molecule is CCO[C@H]1C[C@@H](c2ccccc2)OC2(CCN(C(=O)c3ccc(S(=O)(=O)NC4CC4)cc3)CC2)C1. The Morgan fingerprint density at radius 3 is 2.40 bits per heavy atom. The first kappa shape index (κ1) is 24.4. The molecular weight excluding hydrogens is 464 g/mol. The predicted molar refractivity (Wildman–Crippen MR) is 133 cm³/mol. The van der Waals surface area contributed by atoms with E-state index in [2.05, 4.69) is 16.9 Å². The summed E-state index contributed by atoms with van der Waals surface area (Å²) in [5, 5.41) is 0. The van der Waals surface area contributed by atoms with Gasteiger partial charge in [0.2, 0.25) is 10.0 Å². The zero-order chi connectivity index (χ0) is 24.5. The molecule has 35 heavy (non-hydrogen) atoms. The van der Waals surface area contributed by atoms with Gasteiger partial charge in [0.15, 0.2) is 0 Å².